The molecule has 0 aromatic heterocycles. The molecule has 0 radical (unpaired) electrons. The number of nitrogens with one attached hydrogen (secondary N) is 2. The van der Waals surface area contributed by atoms with Crippen molar-refractivity contribution in [2.45, 2.75) is 37.1 Å². The lowest BCUT2D eigenvalue weighted by atomic mass is 10.1. The summed E-state index contributed by atoms with van der Waals surface area (Å²) in [6, 6.07) is 11.6. The van der Waals surface area contributed by atoms with E-state index in [0.717, 1.165) is 28.3 Å². The predicted molar refractivity (Wildman–Crippen MR) is 111 cm³/mol. The van der Waals surface area contributed by atoms with Crippen LogP contribution >= 0.6 is 11.8 Å². The van der Waals surface area contributed by atoms with Crippen molar-refractivity contribution >= 4 is 17.8 Å². The summed E-state index contributed by atoms with van der Waals surface area (Å²) in [5.74, 6) is 0.974. The average Bonchev–Trinajstić information content (AvgIpc) is 2.71. The van der Waals surface area contributed by atoms with Crippen LogP contribution in [0.15, 0.2) is 53.4 Å². The third kappa shape index (κ3) is 7.79. The van der Waals surface area contributed by atoms with Crippen molar-refractivity contribution < 1.29 is 27.8 Å². The van der Waals surface area contributed by atoms with Gasteiger partial charge in [0.1, 0.15) is 18.5 Å². The fourth-order valence-corrected chi connectivity index (χ4v) is 3.24. The molecule has 2 rings (SSSR count). The molecule has 0 saturated heterocycles. The Morgan fingerprint density at radius 2 is 1.90 bits per heavy atom. The number of hydrogen-bond donors (Lipinski definition) is 3. The maximum Gasteiger partial charge on any atom is 0.416 e. The van der Waals surface area contributed by atoms with Crippen LogP contribution in [0, 0.1) is 0 Å². The number of halogens is 3. The Balaban J connectivity index is 1.75. The Morgan fingerprint density at radius 1 is 1.20 bits per heavy atom. The molecule has 164 valence electrons. The summed E-state index contributed by atoms with van der Waals surface area (Å²) in [7, 11) is 0. The highest BCUT2D eigenvalue weighted by Gasteiger charge is 2.30. The summed E-state index contributed by atoms with van der Waals surface area (Å²) in [6.07, 6.45) is -5.55. The molecule has 2 atom stereocenters. The molecular weight excluding hydrogens is 417 g/mol. The molecule has 3 N–H and O–H groups in total. The van der Waals surface area contributed by atoms with Crippen molar-refractivity contribution in [3.05, 3.63) is 59.7 Å². The van der Waals surface area contributed by atoms with Gasteiger partial charge in [0.25, 0.3) is 0 Å². The van der Waals surface area contributed by atoms with Gasteiger partial charge in [0.2, 0.25) is 0 Å². The lowest BCUT2D eigenvalue weighted by molar-refractivity contribution is -0.137. The molecule has 0 fully saturated rings. The first kappa shape index (κ1) is 23.9. The minimum atomic E-state index is -4.47. The predicted octanol–water partition coefficient (Wildman–Crippen LogP) is 4.62. The van der Waals surface area contributed by atoms with E-state index in [4.69, 9.17) is 4.74 Å². The number of carbonyl (C=O) groups is 1. The Bertz CT molecular complexity index is 816. The summed E-state index contributed by atoms with van der Waals surface area (Å²) in [4.78, 5) is 13.2. The molecule has 30 heavy (non-hydrogen) atoms. The zero-order valence-corrected chi connectivity index (χ0v) is 17.5. The number of hydrogen-bond acceptors (Lipinski definition) is 4. The van der Waals surface area contributed by atoms with Crippen molar-refractivity contribution in [1.29, 1.82) is 0 Å². The van der Waals surface area contributed by atoms with E-state index in [1.54, 1.807) is 11.8 Å². The smallest absolute Gasteiger partial charge is 0.416 e. The van der Waals surface area contributed by atoms with Crippen LogP contribution in [0.2, 0.25) is 0 Å². The number of urea groups is 1. The van der Waals surface area contributed by atoms with Gasteiger partial charge >= 0.3 is 12.2 Å². The van der Waals surface area contributed by atoms with Crippen molar-refractivity contribution in [2.24, 2.45) is 0 Å². The first-order chi connectivity index (χ1) is 14.2. The number of carbonyl (C=O) groups excluding carboxylic acids is 1. The maximum atomic E-state index is 12.7. The van der Waals surface area contributed by atoms with Crippen LogP contribution in [-0.2, 0) is 6.18 Å². The molecule has 0 aliphatic heterocycles. The van der Waals surface area contributed by atoms with Gasteiger partial charge in [-0.15, -0.1) is 11.8 Å². The number of amides is 2. The summed E-state index contributed by atoms with van der Waals surface area (Å²) >= 11 is 1.73. The molecule has 2 amide bonds. The van der Waals surface area contributed by atoms with Crippen molar-refractivity contribution in [3.63, 3.8) is 0 Å². The number of rotatable bonds is 9. The maximum absolute atomic E-state index is 12.7. The van der Waals surface area contributed by atoms with Crippen molar-refractivity contribution in [2.75, 3.05) is 18.9 Å². The Labute approximate surface area is 178 Å². The van der Waals surface area contributed by atoms with E-state index < -0.39 is 23.9 Å². The molecule has 2 aromatic carbocycles. The lowest BCUT2D eigenvalue weighted by Crippen LogP contribution is -2.42. The Morgan fingerprint density at radius 3 is 2.53 bits per heavy atom. The van der Waals surface area contributed by atoms with E-state index in [0.29, 0.717) is 0 Å². The first-order valence-corrected chi connectivity index (χ1v) is 10.4. The molecule has 5 nitrogen and oxygen atoms in total. The fourth-order valence-electron chi connectivity index (χ4n) is 2.57. The van der Waals surface area contributed by atoms with Gasteiger partial charge in [-0.1, -0.05) is 25.1 Å². The molecule has 0 bridgehead atoms. The highest BCUT2D eigenvalue weighted by molar-refractivity contribution is 7.99. The van der Waals surface area contributed by atoms with Crippen LogP contribution in [0.25, 0.3) is 0 Å². The van der Waals surface area contributed by atoms with Gasteiger partial charge < -0.3 is 20.5 Å². The molecule has 2 aromatic rings. The van der Waals surface area contributed by atoms with Gasteiger partial charge in [0, 0.05) is 11.4 Å². The Hall–Kier alpha value is -2.39. The number of alkyl halides is 3. The first-order valence-electron chi connectivity index (χ1n) is 9.44. The molecule has 0 heterocycles. The number of benzene rings is 2. The Kier molecular flexibility index (Phi) is 8.86. The highest BCUT2D eigenvalue weighted by atomic mass is 32.2. The monoisotopic (exact) mass is 442 g/mol. The van der Waals surface area contributed by atoms with E-state index in [1.165, 1.54) is 12.1 Å². The minimum Gasteiger partial charge on any atom is -0.491 e. The summed E-state index contributed by atoms with van der Waals surface area (Å²) in [5, 5.41) is 15.2. The third-order valence-corrected chi connectivity index (χ3v) is 5.03. The van der Waals surface area contributed by atoms with E-state index in [-0.39, 0.29) is 24.9 Å². The van der Waals surface area contributed by atoms with Crippen molar-refractivity contribution in [1.82, 2.24) is 10.6 Å². The summed E-state index contributed by atoms with van der Waals surface area (Å²) in [6.45, 7) is 3.55. The lowest BCUT2D eigenvalue weighted by Gasteiger charge is -2.17. The topological polar surface area (TPSA) is 70.6 Å². The van der Waals surface area contributed by atoms with Gasteiger partial charge in [-0.25, -0.2) is 4.79 Å². The van der Waals surface area contributed by atoms with E-state index in [2.05, 4.69) is 17.6 Å². The van der Waals surface area contributed by atoms with Gasteiger partial charge in [0.15, 0.2) is 0 Å². The zero-order chi connectivity index (χ0) is 22.1. The minimum absolute atomic E-state index is 0.00775. The molecule has 0 aliphatic carbocycles. The van der Waals surface area contributed by atoms with Gasteiger partial charge in [-0.2, -0.15) is 13.2 Å². The van der Waals surface area contributed by atoms with E-state index >= 15 is 0 Å². The number of aliphatic hydroxyl groups is 1. The normalized spacial score (nSPS) is 13.4. The van der Waals surface area contributed by atoms with Crippen LogP contribution in [-0.4, -0.2) is 36.1 Å². The second kappa shape index (κ2) is 11.1. The SMILES string of the molecule is CCSc1ccc(C(C)NC(=O)NCC(O)COc2cccc(C(F)(F)F)c2)cc1. The van der Waals surface area contributed by atoms with Crippen LogP contribution < -0.4 is 15.4 Å². The number of aliphatic hydroxyl groups excluding tert-OH is 1. The average molecular weight is 443 g/mol. The van der Waals surface area contributed by atoms with E-state index in [1.807, 2.05) is 31.2 Å². The van der Waals surface area contributed by atoms with E-state index in [9.17, 15) is 23.1 Å². The second-order valence-corrected chi connectivity index (χ2v) is 7.91. The highest BCUT2D eigenvalue weighted by Crippen LogP contribution is 2.31. The van der Waals surface area contributed by atoms with Crippen molar-refractivity contribution in [3.8, 4) is 5.75 Å². The second-order valence-electron chi connectivity index (χ2n) is 6.57. The van der Waals surface area contributed by atoms with Crippen LogP contribution in [0.4, 0.5) is 18.0 Å². The standard InChI is InChI=1S/C21H25F3N2O3S/c1-3-30-19-9-7-15(8-10-19)14(2)26-20(28)25-12-17(27)13-29-18-6-4-5-16(11-18)21(22,23)24/h4-11,14,17,27H,3,12-13H2,1-2H3,(H2,25,26,28). The molecule has 2 unspecified atom stereocenters. The number of ether oxygens (including phenoxy) is 1. The summed E-state index contributed by atoms with van der Waals surface area (Å²) in [5.41, 5.74) is 0.112. The van der Waals surface area contributed by atoms with Gasteiger partial charge in [-0.3, -0.25) is 0 Å². The van der Waals surface area contributed by atoms with Gasteiger partial charge in [0.05, 0.1) is 11.6 Å². The van der Waals surface area contributed by atoms with Gasteiger partial charge in [-0.05, 0) is 48.6 Å². The molecule has 0 saturated carbocycles. The third-order valence-electron chi connectivity index (χ3n) is 4.14. The quantitative estimate of drug-likeness (QED) is 0.496. The molecule has 0 spiro atoms. The molecule has 0 aliphatic rings. The number of thioether (sulfide) groups is 1. The van der Waals surface area contributed by atoms with Crippen LogP contribution in [0.1, 0.15) is 31.0 Å². The van der Waals surface area contributed by atoms with Crippen LogP contribution in [0.3, 0.4) is 0 Å². The molecule has 9 heteroatoms. The zero-order valence-electron chi connectivity index (χ0n) is 16.7. The molecular formula is C21H25F3N2O3S. The largest absolute Gasteiger partial charge is 0.491 e. The van der Waals surface area contributed by atoms with Crippen LogP contribution in [0.5, 0.6) is 5.75 Å². The fraction of sp³-hybridized carbons (Fsp3) is 0.381. The summed E-state index contributed by atoms with van der Waals surface area (Å²) < 4.78 is 43.3.